The lowest BCUT2D eigenvalue weighted by Gasteiger charge is -2.16. The lowest BCUT2D eigenvalue weighted by molar-refractivity contribution is -0.115. The van der Waals surface area contributed by atoms with Crippen LogP contribution in [0.1, 0.15) is 11.1 Å². The largest absolute Gasteiger partial charge is 0.276 e. The Morgan fingerprint density at radius 1 is 1.17 bits per heavy atom. The minimum absolute atomic E-state index is 0.0303. The molecule has 2 aromatic rings. The molecule has 0 saturated carbocycles. The molecule has 1 heterocycles. The topological polar surface area (TPSA) is 44.7 Å². The number of nitrogens with one attached hydrogen (secondary N) is 1. The van der Waals surface area contributed by atoms with Gasteiger partial charge in [-0.1, -0.05) is 66.4 Å². The van der Waals surface area contributed by atoms with E-state index in [9.17, 15) is 4.79 Å². The molecular weight excluding hydrogens is 306 g/mol. The maximum Gasteiger partial charge on any atom is 0.243 e. The van der Waals surface area contributed by atoms with Crippen LogP contribution in [0.5, 0.6) is 0 Å². The first kappa shape index (κ1) is 15.4. The first-order valence-corrected chi connectivity index (χ1v) is 8.24. The summed E-state index contributed by atoms with van der Waals surface area (Å²) in [6.07, 6.45) is 0. The first-order chi connectivity index (χ1) is 11.1. The van der Waals surface area contributed by atoms with Gasteiger partial charge < -0.3 is 0 Å². The molecule has 23 heavy (non-hydrogen) atoms. The van der Waals surface area contributed by atoms with Crippen molar-refractivity contribution in [2.45, 2.75) is 6.92 Å². The van der Waals surface area contributed by atoms with Gasteiger partial charge in [0, 0.05) is 0 Å². The fourth-order valence-electron chi connectivity index (χ4n) is 2.21. The molecule has 116 valence electrons. The van der Waals surface area contributed by atoms with Crippen molar-refractivity contribution in [3.63, 3.8) is 0 Å². The second-order valence-corrected chi connectivity index (χ2v) is 6.15. The van der Waals surface area contributed by atoms with Gasteiger partial charge in [0.2, 0.25) is 5.91 Å². The van der Waals surface area contributed by atoms with E-state index in [2.05, 4.69) is 17.1 Å². The van der Waals surface area contributed by atoms with Crippen molar-refractivity contribution in [2.24, 2.45) is 5.10 Å². The molecule has 1 amide bonds. The van der Waals surface area contributed by atoms with Crippen LogP contribution in [0.3, 0.4) is 0 Å². The minimum Gasteiger partial charge on any atom is -0.276 e. The third kappa shape index (κ3) is 3.46. The van der Waals surface area contributed by atoms with Gasteiger partial charge in [0.25, 0.3) is 0 Å². The van der Waals surface area contributed by atoms with Crippen LogP contribution in [0, 0.1) is 6.92 Å². The Balaban J connectivity index is 1.77. The number of nitrogens with zero attached hydrogens (tertiary/aromatic N) is 2. The maximum absolute atomic E-state index is 12.1. The number of rotatable bonds is 4. The van der Waals surface area contributed by atoms with Gasteiger partial charge in [-0.2, -0.15) is 0 Å². The third-order valence-electron chi connectivity index (χ3n) is 3.47. The van der Waals surface area contributed by atoms with Gasteiger partial charge in [0.15, 0.2) is 5.17 Å². The summed E-state index contributed by atoms with van der Waals surface area (Å²) < 4.78 is 0. The SMILES string of the molecule is C=C(N/N=C1/SCC(=O)N1c1ccccc1)c1ccc(C)cc1. The average Bonchev–Trinajstić information content (AvgIpc) is 2.95. The summed E-state index contributed by atoms with van der Waals surface area (Å²) in [5.41, 5.74) is 6.65. The highest BCUT2D eigenvalue weighted by Crippen LogP contribution is 2.26. The summed E-state index contributed by atoms with van der Waals surface area (Å²) in [4.78, 5) is 13.7. The van der Waals surface area contributed by atoms with E-state index in [1.54, 1.807) is 4.90 Å². The molecule has 0 aromatic heterocycles. The van der Waals surface area contributed by atoms with Gasteiger partial charge in [0.1, 0.15) is 0 Å². The Hall–Kier alpha value is -2.53. The van der Waals surface area contributed by atoms with E-state index in [1.165, 1.54) is 17.3 Å². The smallest absolute Gasteiger partial charge is 0.243 e. The summed E-state index contributed by atoms with van der Waals surface area (Å²) in [5, 5.41) is 5.00. The van der Waals surface area contributed by atoms with Crippen molar-refractivity contribution in [1.82, 2.24) is 5.43 Å². The van der Waals surface area contributed by atoms with Crippen LogP contribution < -0.4 is 10.3 Å². The summed E-state index contributed by atoms with van der Waals surface area (Å²) in [7, 11) is 0. The lowest BCUT2D eigenvalue weighted by atomic mass is 10.1. The number of hydrogen-bond acceptors (Lipinski definition) is 4. The second-order valence-electron chi connectivity index (χ2n) is 5.20. The highest BCUT2D eigenvalue weighted by atomic mass is 32.2. The molecule has 4 nitrogen and oxygen atoms in total. The number of benzene rings is 2. The van der Waals surface area contributed by atoms with Crippen molar-refractivity contribution in [3.8, 4) is 0 Å². The zero-order valence-corrected chi connectivity index (χ0v) is 13.6. The lowest BCUT2D eigenvalue weighted by Crippen LogP contribution is -2.30. The molecule has 1 aliphatic rings. The zero-order valence-electron chi connectivity index (χ0n) is 12.8. The number of para-hydroxylation sites is 1. The Kier molecular flexibility index (Phi) is 4.48. The van der Waals surface area contributed by atoms with Crippen molar-refractivity contribution < 1.29 is 4.79 Å². The number of hydrogen-bond donors (Lipinski definition) is 1. The molecule has 1 fully saturated rings. The number of amides is 1. The van der Waals surface area contributed by atoms with Crippen molar-refractivity contribution >= 4 is 34.2 Å². The molecule has 1 aliphatic heterocycles. The van der Waals surface area contributed by atoms with Gasteiger partial charge in [-0.3, -0.25) is 15.1 Å². The quantitative estimate of drug-likeness (QED) is 0.874. The van der Waals surface area contributed by atoms with Gasteiger partial charge >= 0.3 is 0 Å². The van der Waals surface area contributed by atoms with Crippen molar-refractivity contribution in [2.75, 3.05) is 10.7 Å². The monoisotopic (exact) mass is 323 g/mol. The number of aryl methyl sites for hydroxylation is 1. The number of hydrazone groups is 1. The first-order valence-electron chi connectivity index (χ1n) is 7.25. The Bertz CT molecular complexity index is 754. The van der Waals surface area contributed by atoms with Gasteiger partial charge in [-0.25, -0.2) is 0 Å². The Morgan fingerprint density at radius 2 is 1.87 bits per heavy atom. The van der Waals surface area contributed by atoms with E-state index in [0.29, 0.717) is 16.6 Å². The second kappa shape index (κ2) is 6.71. The minimum atomic E-state index is 0.0303. The normalized spacial score (nSPS) is 16.0. The molecule has 0 aliphatic carbocycles. The van der Waals surface area contributed by atoms with Gasteiger partial charge in [0.05, 0.1) is 17.1 Å². The van der Waals surface area contributed by atoms with Gasteiger partial charge in [-0.15, -0.1) is 5.10 Å². The van der Waals surface area contributed by atoms with E-state index >= 15 is 0 Å². The number of carbonyl (C=O) groups is 1. The highest BCUT2D eigenvalue weighted by molar-refractivity contribution is 8.15. The molecule has 0 unspecified atom stereocenters. The fourth-order valence-corrected chi connectivity index (χ4v) is 3.04. The van der Waals surface area contributed by atoms with Crippen LogP contribution in [0.15, 0.2) is 66.3 Å². The number of amidine groups is 1. The molecule has 0 radical (unpaired) electrons. The molecule has 2 aromatic carbocycles. The molecule has 1 saturated heterocycles. The fraction of sp³-hybridized carbons (Fsp3) is 0.111. The third-order valence-corrected chi connectivity index (χ3v) is 4.39. The molecule has 0 atom stereocenters. The summed E-state index contributed by atoms with van der Waals surface area (Å²) in [6, 6.07) is 17.6. The van der Waals surface area contributed by atoms with Gasteiger partial charge in [-0.05, 0) is 24.6 Å². The molecule has 5 heteroatoms. The molecular formula is C18H17N3OS. The summed E-state index contributed by atoms with van der Waals surface area (Å²) >= 11 is 1.42. The number of thioether (sulfide) groups is 1. The zero-order chi connectivity index (χ0) is 16.2. The predicted molar refractivity (Wildman–Crippen MR) is 97.2 cm³/mol. The highest BCUT2D eigenvalue weighted by Gasteiger charge is 2.29. The Morgan fingerprint density at radius 3 is 2.57 bits per heavy atom. The van der Waals surface area contributed by atoms with E-state index in [0.717, 1.165) is 11.3 Å². The summed E-state index contributed by atoms with van der Waals surface area (Å²) in [5.74, 6) is 0.426. The van der Waals surface area contributed by atoms with E-state index < -0.39 is 0 Å². The summed E-state index contributed by atoms with van der Waals surface area (Å²) in [6.45, 7) is 6.04. The van der Waals surface area contributed by atoms with Crippen LogP contribution in [0.4, 0.5) is 5.69 Å². The predicted octanol–water partition coefficient (Wildman–Crippen LogP) is 3.61. The Labute approximate surface area is 139 Å². The molecule has 0 bridgehead atoms. The molecule has 1 N–H and O–H groups in total. The van der Waals surface area contributed by atoms with E-state index in [-0.39, 0.29) is 5.91 Å². The molecule has 0 spiro atoms. The molecule has 3 rings (SSSR count). The van der Waals surface area contributed by atoms with Crippen LogP contribution >= 0.6 is 11.8 Å². The van der Waals surface area contributed by atoms with Crippen LogP contribution in [0.2, 0.25) is 0 Å². The number of anilines is 1. The van der Waals surface area contributed by atoms with E-state index in [4.69, 9.17) is 0 Å². The van der Waals surface area contributed by atoms with Crippen LogP contribution in [-0.4, -0.2) is 16.8 Å². The van der Waals surface area contributed by atoms with E-state index in [1.807, 2.05) is 61.5 Å². The van der Waals surface area contributed by atoms with Crippen LogP contribution in [-0.2, 0) is 4.79 Å². The average molecular weight is 323 g/mol. The maximum atomic E-state index is 12.1. The number of carbonyl (C=O) groups excluding carboxylic acids is 1. The standard InChI is InChI=1S/C18H17N3OS/c1-13-8-10-15(11-9-13)14(2)19-20-18-21(17(22)12-23-18)16-6-4-3-5-7-16/h3-11,19H,2,12H2,1H3/b20-18+. The van der Waals surface area contributed by atoms with Crippen molar-refractivity contribution in [3.05, 3.63) is 72.3 Å². The van der Waals surface area contributed by atoms with Crippen LogP contribution in [0.25, 0.3) is 5.70 Å². The van der Waals surface area contributed by atoms with Crippen molar-refractivity contribution in [1.29, 1.82) is 0 Å².